The van der Waals surface area contributed by atoms with Gasteiger partial charge in [-0.15, -0.1) is 0 Å². The summed E-state index contributed by atoms with van der Waals surface area (Å²) in [7, 11) is 0. The largest absolute Gasteiger partial charge is 0.356 e. The van der Waals surface area contributed by atoms with E-state index in [2.05, 4.69) is 17.4 Å². The van der Waals surface area contributed by atoms with Crippen LogP contribution >= 0.6 is 0 Å². The fourth-order valence-corrected chi connectivity index (χ4v) is 1.98. The van der Waals surface area contributed by atoms with E-state index >= 15 is 0 Å². The van der Waals surface area contributed by atoms with Crippen LogP contribution in [0.2, 0.25) is 0 Å². The van der Waals surface area contributed by atoms with E-state index in [9.17, 15) is 4.79 Å². The third-order valence-corrected chi connectivity index (χ3v) is 2.75. The van der Waals surface area contributed by atoms with Crippen molar-refractivity contribution in [3.05, 3.63) is 35.9 Å². The first-order chi connectivity index (χ1) is 6.86. The number of amides is 1. The molecule has 74 valence electrons. The highest BCUT2D eigenvalue weighted by Crippen LogP contribution is 2.25. The second-order valence-corrected chi connectivity index (χ2v) is 3.80. The SMILES string of the molecule is O=C1C[C@@H](c2ccccc2)CCCN1. The maximum Gasteiger partial charge on any atom is 0.220 e. The molecule has 1 aromatic carbocycles. The number of nitrogens with one attached hydrogen (secondary N) is 1. The van der Waals surface area contributed by atoms with Crippen LogP contribution in [0.25, 0.3) is 0 Å². The van der Waals surface area contributed by atoms with Gasteiger partial charge in [-0.25, -0.2) is 0 Å². The zero-order chi connectivity index (χ0) is 9.80. The summed E-state index contributed by atoms with van der Waals surface area (Å²) < 4.78 is 0. The molecular weight excluding hydrogens is 174 g/mol. The molecule has 0 bridgehead atoms. The number of hydrogen-bond acceptors (Lipinski definition) is 1. The van der Waals surface area contributed by atoms with Crippen LogP contribution in [0.15, 0.2) is 30.3 Å². The number of rotatable bonds is 1. The molecule has 0 radical (unpaired) electrons. The first kappa shape index (κ1) is 9.25. The van der Waals surface area contributed by atoms with Gasteiger partial charge in [0.1, 0.15) is 0 Å². The molecule has 1 fully saturated rings. The lowest BCUT2D eigenvalue weighted by Gasteiger charge is -2.12. The number of hydrogen-bond donors (Lipinski definition) is 1. The maximum absolute atomic E-state index is 11.4. The zero-order valence-corrected chi connectivity index (χ0v) is 8.20. The molecule has 1 aromatic rings. The van der Waals surface area contributed by atoms with Gasteiger partial charge in [0.15, 0.2) is 0 Å². The summed E-state index contributed by atoms with van der Waals surface area (Å²) in [5.41, 5.74) is 1.30. The Labute approximate surface area is 84.3 Å². The van der Waals surface area contributed by atoms with E-state index in [-0.39, 0.29) is 5.91 Å². The van der Waals surface area contributed by atoms with Gasteiger partial charge in [0.05, 0.1) is 0 Å². The molecular formula is C12H15NO. The molecule has 1 N–H and O–H groups in total. The molecule has 14 heavy (non-hydrogen) atoms. The van der Waals surface area contributed by atoms with Gasteiger partial charge in [-0.3, -0.25) is 4.79 Å². The molecule has 1 amide bonds. The van der Waals surface area contributed by atoms with Crippen molar-refractivity contribution >= 4 is 5.91 Å². The Kier molecular flexibility index (Phi) is 2.82. The highest BCUT2D eigenvalue weighted by atomic mass is 16.1. The lowest BCUT2D eigenvalue weighted by atomic mass is 9.92. The molecule has 2 nitrogen and oxygen atoms in total. The Morgan fingerprint density at radius 2 is 2.00 bits per heavy atom. The first-order valence-electron chi connectivity index (χ1n) is 5.18. The van der Waals surface area contributed by atoms with Crippen LogP contribution in [0.5, 0.6) is 0 Å². The Bertz CT molecular complexity index is 307. The summed E-state index contributed by atoms with van der Waals surface area (Å²) in [5.74, 6) is 0.607. The number of benzene rings is 1. The van der Waals surface area contributed by atoms with Crippen LogP contribution in [0.3, 0.4) is 0 Å². The van der Waals surface area contributed by atoms with Crippen LogP contribution in [-0.4, -0.2) is 12.5 Å². The van der Waals surface area contributed by atoms with Gasteiger partial charge in [0.25, 0.3) is 0 Å². The molecule has 1 aliphatic rings. The summed E-state index contributed by atoms with van der Waals surface area (Å²) in [6, 6.07) is 10.3. The Morgan fingerprint density at radius 3 is 2.79 bits per heavy atom. The van der Waals surface area contributed by atoms with Crippen molar-refractivity contribution in [2.75, 3.05) is 6.54 Å². The fraction of sp³-hybridized carbons (Fsp3) is 0.417. The van der Waals surface area contributed by atoms with Gasteiger partial charge in [0.2, 0.25) is 5.91 Å². The van der Waals surface area contributed by atoms with Crippen LogP contribution < -0.4 is 5.32 Å². The monoisotopic (exact) mass is 189 g/mol. The van der Waals surface area contributed by atoms with E-state index in [1.807, 2.05) is 18.2 Å². The lowest BCUT2D eigenvalue weighted by Crippen LogP contribution is -2.22. The fourth-order valence-electron chi connectivity index (χ4n) is 1.98. The predicted molar refractivity (Wildman–Crippen MR) is 56.0 cm³/mol. The minimum absolute atomic E-state index is 0.191. The van der Waals surface area contributed by atoms with Crippen LogP contribution in [0.4, 0.5) is 0 Å². The first-order valence-corrected chi connectivity index (χ1v) is 5.18. The second kappa shape index (κ2) is 4.27. The molecule has 2 rings (SSSR count). The van der Waals surface area contributed by atoms with Gasteiger partial charge >= 0.3 is 0 Å². The average molecular weight is 189 g/mol. The van der Waals surface area contributed by atoms with Crippen LogP contribution in [0.1, 0.15) is 30.7 Å². The summed E-state index contributed by atoms with van der Waals surface area (Å²) in [4.78, 5) is 11.4. The quantitative estimate of drug-likeness (QED) is 0.720. The molecule has 1 heterocycles. The average Bonchev–Trinajstić information content (AvgIpc) is 2.44. The highest BCUT2D eigenvalue weighted by molar-refractivity contribution is 5.77. The molecule has 2 heteroatoms. The molecule has 0 aromatic heterocycles. The molecule has 0 saturated carbocycles. The van der Waals surface area contributed by atoms with E-state index < -0.39 is 0 Å². The summed E-state index contributed by atoms with van der Waals surface area (Å²) in [6.07, 6.45) is 2.85. The minimum Gasteiger partial charge on any atom is -0.356 e. The van der Waals surface area contributed by atoms with Gasteiger partial charge in [0, 0.05) is 13.0 Å². The summed E-state index contributed by atoms with van der Waals surface area (Å²) in [5, 5.41) is 2.91. The molecule has 0 aliphatic carbocycles. The van der Waals surface area contributed by atoms with Crippen molar-refractivity contribution in [2.45, 2.75) is 25.2 Å². The highest BCUT2D eigenvalue weighted by Gasteiger charge is 2.18. The normalized spacial score (nSPS) is 22.6. The number of carbonyl (C=O) groups is 1. The number of carbonyl (C=O) groups excluding carboxylic acids is 1. The molecule has 0 spiro atoms. The van der Waals surface area contributed by atoms with E-state index in [0.29, 0.717) is 12.3 Å². The topological polar surface area (TPSA) is 29.1 Å². The molecule has 1 atom stereocenters. The Morgan fingerprint density at radius 1 is 1.21 bits per heavy atom. The Hall–Kier alpha value is -1.31. The molecule has 1 aliphatic heterocycles. The third kappa shape index (κ3) is 2.13. The van der Waals surface area contributed by atoms with Crippen LogP contribution in [-0.2, 0) is 4.79 Å². The third-order valence-electron chi connectivity index (χ3n) is 2.75. The van der Waals surface area contributed by atoms with Gasteiger partial charge < -0.3 is 5.32 Å². The van der Waals surface area contributed by atoms with E-state index in [1.165, 1.54) is 5.56 Å². The maximum atomic E-state index is 11.4. The summed E-state index contributed by atoms with van der Waals surface area (Å²) in [6.45, 7) is 0.835. The van der Waals surface area contributed by atoms with E-state index in [4.69, 9.17) is 0 Å². The second-order valence-electron chi connectivity index (χ2n) is 3.80. The molecule has 1 saturated heterocycles. The predicted octanol–water partition coefficient (Wildman–Crippen LogP) is 2.07. The van der Waals surface area contributed by atoms with E-state index in [0.717, 1.165) is 19.4 Å². The Balaban J connectivity index is 2.13. The zero-order valence-electron chi connectivity index (χ0n) is 8.20. The molecule has 0 unspecified atom stereocenters. The van der Waals surface area contributed by atoms with Crippen molar-refractivity contribution in [3.8, 4) is 0 Å². The van der Waals surface area contributed by atoms with Crippen molar-refractivity contribution in [1.82, 2.24) is 5.32 Å². The van der Waals surface area contributed by atoms with Crippen molar-refractivity contribution in [1.29, 1.82) is 0 Å². The van der Waals surface area contributed by atoms with Crippen molar-refractivity contribution in [3.63, 3.8) is 0 Å². The van der Waals surface area contributed by atoms with Gasteiger partial charge in [-0.2, -0.15) is 0 Å². The minimum atomic E-state index is 0.191. The summed E-state index contributed by atoms with van der Waals surface area (Å²) >= 11 is 0. The van der Waals surface area contributed by atoms with E-state index in [1.54, 1.807) is 0 Å². The lowest BCUT2D eigenvalue weighted by molar-refractivity contribution is -0.121. The van der Waals surface area contributed by atoms with Gasteiger partial charge in [-0.1, -0.05) is 30.3 Å². The van der Waals surface area contributed by atoms with Crippen molar-refractivity contribution in [2.24, 2.45) is 0 Å². The van der Waals surface area contributed by atoms with Crippen molar-refractivity contribution < 1.29 is 4.79 Å². The standard InChI is InChI=1S/C12H15NO/c14-12-9-11(7-4-8-13-12)10-5-2-1-3-6-10/h1-3,5-6,11H,4,7-9H2,(H,13,14)/t11-/m0/s1. The van der Waals surface area contributed by atoms with Crippen LogP contribution in [0, 0.1) is 0 Å². The smallest absolute Gasteiger partial charge is 0.220 e. The van der Waals surface area contributed by atoms with Gasteiger partial charge in [-0.05, 0) is 24.3 Å².